The van der Waals surface area contributed by atoms with Crippen LogP contribution < -0.4 is 0 Å². The van der Waals surface area contributed by atoms with Crippen LogP contribution in [0.3, 0.4) is 0 Å². The Morgan fingerprint density at radius 1 is 1.19 bits per heavy atom. The molecule has 0 aromatic heterocycles. The van der Waals surface area contributed by atoms with Gasteiger partial charge in [-0.1, -0.05) is 30.3 Å². The Labute approximate surface area is 93.5 Å². The highest BCUT2D eigenvalue weighted by atomic mass is 16.7. The summed E-state index contributed by atoms with van der Waals surface area (Å²) < 4.78 is 9.05. The van der Waals surface area contributed by atoms with Gasteiger partial charge in [-0.15, -0.1) is 0 Å². The molecule has 1 aromatic carbocycles. The molecule has 0 bridgehead atoms. The minimum absolute atomic E-state index is 0.354. The Morgan fingerprint density at radius 2 is 1.88 bits per heavy atom. The summed E-state index contributed by atoms with van der Waals surface area (Å²) in [7, 11) is 0. The Bertz CT molecular complexity index is 381. The van der Waals surface area contributed by atoms with Crippen LogP contribution in [0.1, 0.15) is 12.5 Å². The molecular weight excluding hydrogens is 208 g/mol. The van der Waals surface area contributed by atoms with Crippen molar-refractivity contribution in [3.05, 3.63) is 42.0 Å². The fourth-order valence-corrected chi connectivity index (χ4v) is 0.947. The summed E-state index contributed by atoms with van der Waals surface area (Å²) in [5.41, 5.74) is 0.895. The number of carbonyl (C=O) groups excluding carboxylic acids is 2. The molecule has 0 saturated carbocycles. The highest BCUT2D eigenvalue weighted by Gasteiger charge is 1.97. The maximum Gasteiger partial charge on any atom is 0.333 e. The SMILES string of the molecule is CC(=O)OCOC(=O)/C=C/c1ccccc1. The van der Waals surface area contributed by atoms with Crippen molar-refractivity contribution in [2.24, 2.45) is 0 Å². The molecule has 0 spiro atoms. The normalized spacial score (nSPS) is 10.1. The zero-order valence-corrected chi connectivity index (χ0v) is 8.88. The summed E-state index contributed by atoms with van der Waals surface area (Å²) >= 11 is 0. The van der Waals surface area contributed by atoms with Crippen LogP contribution in [0.25, 0.3) is 6.08 Å². The molecule has 0 fully saturated rings. The summed E-state index contributed by atoms with van der Waals surface area (Å²) in [6.45, 7) is 0.890. The Kier molecular flexibility index (Phi) is 4.79. The first-order chi connectivity index (χ1) is 7.68. The molecule has 0 aliphatic rings. The molecule has 0 atom stereocenters. The maximum atomic E-state index is 11.1. The summed E-state index contributed by atoms with van der Waals surface area (Å²) in [5.74, 6) is -1.04. The van der Waals surface area contributed by atoms with Crippen molar-refractivity contribution in [2.45, 2.75) is 6.92 Å². The number of carbonyl (C=O) groups is 2. The molecule has 84 valence electrons. The van der Waals surface area contributed by atoms with Crippen molar-refractivity contribution in [3.63, 3.8) is 0 Å². The van der Waals surface area contributed by atoms with Crippen molar-refractivity contribution in [1.29, 1.82) is 0 Å². The highest BCUT2D eigenvalue weighted by molar-refractivity contribution is 5.87. The van der Waals surface area contributed by atoms with E-state index in [9.17, 15) is 9.59 Å². The van der Waals surface area contributed by atoms with Crippen molar-refractivity contribution in [3.8, 4) is 0 Å². The Hall–Kier alpha value is -2.10. The number of hydrogen-bond donors (Lipinski definition) is 0. The molecule has 0 N–H and O–H groups in total. The van der Waals surface area contributed by atoms with Crippen LogP contribution in [-0.2, 0) is 19.1 Å². The van der Waals surface area contributed by atoms with Gasteiger partial charge in [0.05, 0.1) is 0 Å². The van der Waals surface area contributed by atoms with Gasteiger partial charge < -0.3 is 9.47 Å². The first-order valence-electron chi connectivity index (χ1n) is 4.72. The molecule has 1 rings (SSSR count). The molecule has 0 radical (unpaired) electrons. The second-order valence-electron chi connectivity index (χ2n) is 2.96. The van der Waals surface area contributed by atoms with Gasteiger partial charge in [0, 0.05) is 13.0 Å². The average Bonchev–Trinajstić information content (AvgIpc) is 2.27. The van der Waals surface area contributed by atoms with Gasteiger partial charge in [-0.05, 0) is 11.6 Å². The van der Waals surface area contributed by atoms with E-state index in [2.05, 4.69) is 9.47 Å². The van der Waals surface area contributed by atoms with E-state index >= 15 is 0 Å². The molecule has 4 nitrogen and oxygen atoms in total. The summed E-state index contributed by atoms with van der Waals surface area (Å²) in [4.78, 5) is 21.5. The number of benzene rings is 1. The molecule has 0 aliphatic carbocycles. The van der Waals surface area contributed by atoms with E-state index in [1.165, 1.54) is 13.0 Å². The summed E-state index contributed by atoms with van der Waals surface area (Å²) in [6.07, 6.45) is 2.90. The van der Waals surface area contributed by atoms with E-state index in [0.717, 1.165) is 5.56 Å². The third-order valence-corrected chi connectivity index (χ3v) is 1.67. The second kappa shape index (κ2) is 6.40. The molecule has 0 heterocycles. The highest BCUT2D eigenvalue weighted by Crippen LogP contribution is 2.00. The van der Waals surface area contributed by atoms with Crippen LogP contribution in [0.2, 0.25) is 0 Å². The van der Waals surface area contributed by atoms with Gasteiger partial charge in [0.25, 0.3) is 0 Å². The van der Waals surface area contributed by atoms with Crippen LogP contribution >= 0.6 is 0 Å². The number of hydrogen-bond acceptors (Lipinski definition) is 4. The summed E-state index contributed by atoms with van der Waals surface area (Å²) in [6, 6.07) is 9.33. The third kappa shape index (κ3) is 4.95. The van der Waals surface area contributed by atoms with E-state index in [-0.39, 0.29) is 6.79 Å². The van der Waals surface area contributed by atoms with Crippen LogP contribution in [0, 0.1) is 0 Å². The van der Waals surface area contributed by atoms with E-state index in [0.29, 0.717) is 0 Å². The van der Waals surface area contributed by atoms with Gasteiger partial charge in [0.2, 0.25) is 6.79 Å². The van der Waals surface area contributed by atoms with Crippen LogP contribution in [0.15, 0.2) is 36.4 Å². The van der Waals surface area contributed by atoms with Crippen LogP contribution in [0.5, 0.6) is 0 Å². The number of rotatable bonds is 4. The smallest absolute Gasteiger partial charge is 0.333 e. The van der Waals surface area contributed by atoms with Gasteiger partial charge in [-0.2, -0.15) is 0 Å². The van der Waals surface area contributed by atoms with Gasteiger partial charge in [0.1, 0.15) is 0 Å². The molecular formula is C12H12O4. The average molecular weight is 220 g/mol. The Morgan fingerprint density at radius 3 is 2.50 bits per heavy atom. The molecule has 0 aliphatic heterocycles. The first-order valence-corrected chi connectivity index (χ1v) is 4.72. The van der Waals surface area contributed by atoms with Gasteiger partial charge in [-0.25, -0.2) is 4.79 Å². The first kappa shape index (κ1) is 12.0. The lowest BCUT2D eigenvalue weighted by Crippen LogP contribution is -2.08. The van der Waals surface area contributed by atoms with Gasteiger partial charge in [-0.3, -0.25) is 4.79 Å². The third-order valence-electron chi connectivity index (χ3n) is 1.67. The number of ether oxygens (including phenoxy) is 2. The predicted octanol–water partition coefficient (Wildman–Crippen LogP) is 1.76. The molecule has 0 saturated heterocycles. The largest absolute Gasteiger partial charge is 0.428 e. The van der Waals surface area contributed by atoms with E-state index in [4.69, 9.17) is 0 Å². The van der Waals surface area contributed by atoms with Gasteiger partial charge in [0.15, 0.2) is 0 Å². The molecule has 16 heavy (non-hydrogen) atoms. The van der Waals surface area contributed by atoms with Crippen LogP contribution in [0.4, 0.5) is 0 Å². The van der Waals surface area contributed by atoms with Crippen molar-refractivity contribution in [1.82, 2.24) is 0 Å². The molecule has 0 unspecified atom stereocenters. The summed E-state index contributed by atoms with van der Waals surface area (Å²) in [5, 5.41) is 0. The van der Waals surface area contributed by atoms with Crippen molar-refractivity contribution in [2.75, 3.05) is 6.79 Å². The Balaban J connectivity index is 2.34. The van der Waals surface area contributed by atoms with Gasteiger partial charge >= 0.3 is 11.9 Å². The molecule has 1 aromatic rings. The minimum atomic E-state index is -0.551. The minimum Gasteiger partial charge on any atom is -0.428 e. The van der Waals surface area contributed by atoms with E-state index < -0.39 is 11.9 Å². The standard InChI is InChI=1S/C12H12O4/c1-10(13)15-9-16-12(14)8-7-11-5-3-2-4-6-11/h2-8H,9H2,1H3/b8-7+. The van der Waals surface area contributed by atoms with E-state index in [1.54, 1.807) is 6.08 Å². The van der Waals surface area contributed by atoms with Crippen molar-refractivity contribution >= 4 is 18.0 Å². The fraction of sp³-hybridized carbons (Fsp3) is 0.167. The second-order valence-corrected chi connectivity index (χ2v) is 2.96. The fourth-order valence-electron chi connectivity index (χ4n) is 0.947. The molecule has 0 amide bonds. The zero-order valence-electron chi connectivity index (χ0n) is 8.88. The van der Waals surface area contributed by atoms with Crippen LogP contribution in [-0.4, -0.2) is 18.7 Å². The monoisotopic (exact) mass is 220 g/mol. The topological polar surface area (TPSA) is 52.6 Å². The maximum absolute atomic E-state index is 11.1. The zero-order chi connectivity index (χ0) is 11.8. The van der Waals surface area contributed by atoms with Crippen molar-refractivity contribution < 1.29 is 19.1 Å². The van der Waals surface area contributed by atoms with E-state index in [1.807, 2.05) is 30.3 Å². The lowest BCUT2D eigenvalue weighted by Gasteiger charge is -2.00. The predicted molar refractivity (Wildman–Crippen MR) is 58.2 cm³/mol. The lowest BCUT2D eigenvalue weighted by molar-refractivity contribution is -0.162. The quantitative estimate of drug-likeness (QED) is 0.441. The number of esters is 2. The molecule has 4 heteroatoms. The lowest BCUT2D eigenvalue weighted by atomic mass is 10.2.